The maximum Gasteiger partial charge on any atom is 0.305 e. The summed E-state index contributed by atoms with van der Waals surface area (Å²) in [7, 11) is 0. The average molecular weight is 152 g/mol. The quantitative estimate of drug-likeness (QED) is 0.542. The lowest BCUT2D eigenvalue weighted by Crippen LogP contribution is -2.27. The highest BCUT2D eigenvalue weighted by Crippen LogP contribution is 2.20. The van der Waals surface area contributed by atoms with Gasteiger partial charge >= 0.3 is 5.91 Å². The van der Waals surface area contributed by atoms with Crippen LogP contribution in [0.3, 0.4) is 0 Å². The number of aliphatic imine (C=N–C) groups is 1. The number of halogens is 1. The molecule has 0 spiro atoms. The Balaban J connectivity index is 2.47. The van der Waals surface area contributed by atoms with Crippen LogP contribution >= 0.6 is 0 Å². The second kappa shape index (κ2) is 2.02. The lowest BCUT2D eigenvalue weighted by atomic mass is 10.1. The highest BCUT2D eigenvalue weighted by molar-refractivity contribution is 6.02. The molecule has 0 saturated carbocycles. The van der Waals surface area contributed by atoms with Gasteiger partial charge in [-0.2, -0.15) is 0 Å². The average Bonchev–Trinajstić information content (AvgIpc) is 2.45. The van der Waals surface area contributed by atoms with Crippen molar-refractivity contribution >= 4 is 12.1 Å². The largest absolute Gasteiger partial charge is 0.379 e. The van der Waals surface area contributed by atoms with Crippen LogP contribution < -0.4 is 5.32 Å². The van der Waals surface area contributed by atoms with E-state index in [4.69, 9.17) is 0 Å². The molecule has 0 aromatic carbocycles. The molecule has 2 aliphatic rings. The van der Waals surface area contributed by atoms with E-state index in [-0.39, 0.29) is 6.04 Å². The molecule has 1 amide bonds. The molecule has 0 fully saturated rings. The van der Waals surface area contributed by atoms with Crippen LogP contribution in [0, 0.1) is 0 Å². The number of hydrogen-bond acceptors (Lipinski definition) is 2. The standard InChI is InChI=1S/C7H5FN2O/c8-6-4-1-2-9-5(4)3-10-7(6)11/h1-3,5,9H. The number of carbonyl (C=O) groups is 1. The normalized spacial score (nSPS) is 27.4. The molecule has 0 radical (unpaired) electrons. The molecule has 1 unspecified atom stereocenters. The van der Waals surface area contributed by atoms with E-state index in [1.807, 2.05) is 0 Å². The van der Waals surface area contributed by atoms with Gasteiger partial charge in [0.2, 0.25) is 0 Å². The third-order valence-electron chi connectivity index (χ3n) is 1.66. The number of nitrogens with zero attached hydrogens (tertiary/aromatic N) is 1. The molecule has 0 aliphatic carbocycles. The van der Waals surface area contributed by atoms with Crippen molar-refractivity contribution in [2.45, 2.75) is 6.04 Å². The van der Waals surface area contributed by atoms with Gasteiger partial charge in [0.05, 0.1) is 6.04 Å². The summed E-state index contributed by atoms with van der Waals surface area (Å²) in [5.74, 6) is -1.54. The number of amides is 1. The van der Waals surface area contributed by atoms with Crippen molar-refractivity contribution in [2.75, 3.05) is 0 Å². The Morgan fingerprint density at radius 1 is 1.64 bits per heavy atom. The summed E-state index contributed by atoms with van der Waals surface area (Å²) in [4.78, 5) is 14.0. The summed E-state index contributed by atoms with van der Waals surface area (Å²) in [5, 5.41) is 2.83. The Bertz CT molecular complexity index is 304. The zero-order valence-electron chi connectivity index (χ0n) is 5.54. The molecule has 2 aliphatic heterocycles. The minimum Gasteiger partial charge on any atom is -0.379 e. The van der Waals surface area contributed by atoms with Gasteiger partial charge in [0.25, 0.3) is 0 Å². The van der Waals surface area contributed by atoms with E-state index in [0.29, 0.717) is 5.57 Å². The Kier molecular flexibility index (Phi) is 1.15. The fourth-order valence-corrected chi connectivity index (χ4v) is 1.09. The summed E-state index contributed by atoms with van der Waals surface area (Å²) in [6, 6.07) is -0.243. The molecule has 3 nitrogen and oxygen atoms in total. The van der Waals surface area contributed by atoms with Crippen molar-refractivity contribution in [2.24, 2.45) is 4.99 Å². The zero-order valence-corrected chi connectivity index (χ0v) is 5.54. The lowest BCUT2D eigenvalue weighted by Gasteiger charge is -2.10. The van der Waals surface area contributed by atoms with Gasteiger partial charge in [0.1, 0.15) is 0 Å². The molecular weight excluding hydrogens is 147 g/mol. The van der Waals surface area contributed by atoms with Crippen molar-refractivity contribution in [3.63, 3.8) is 0 Å². The highest BCUT2D eigenvalue weighted by atomic mass is 19.1. The lowest BCUT2D eigenvalue weighted by molar-refractivity contribution is -0.115. The van der Waals surface area contributed by atoms with E-state index in [2.05, 4.69) is 10.3 Å². The van der Waals surface area contributed by atoms with Crippen molar-refractivity contribution < 1.29 is 9.18 Å². The van der Waals surface area contributed by atoms with Gasteiger partial charge in [0.15, 0.2) is 5.83 Å². The molecular formula is C7H5FN2O. The van der Waals surface area contributed by atoms with Crippen molar-refractivity contribution in [1.82, 2.24) is 5.32 Å². The van der Waals surface area contributed by atoms with E-state index in [9.17, 15) is 9.18 Å². The Morgan fingerprint density at radius 3 is 3.27 bits per heavy atom. The van der Waals surface area contributed by atoms with Crippen molar-refractivity contribution in [1.29, 1.82) is 0 Å². The Hall–Kier alpha value is -1.45. The number of rotatable bonds is 0. The molecule has 0 aromatic heterocycles. The molecule has 0 aromatic rings. The fraction of sp³-hybridized carbons (Fsp3) is 0.143. The van der Waals surface area contributed by atoms with Gasteiger partial charge in [-0.15, -0.1) is 0 Å². The van der Waals surface area contributed by atoms with Gasteiger partial charge in [-0.3, -0.25) is 4.79 Å². The summed E-state index contributed by atoms with van der Waals surface area (Å²) >= 11 is 0. The Labute approximate surface area is 62.3 Å². The first-order valence-electron chi connectivity index (χ1n) is 3.20. The van der Waals surface area contributed by atoms with Crippen LogP contribution in [-0.2, 0) is 4.79 Å². The van der Waals surface area contributed by atoms with Crippen LogP contribution in [0.15, 0.2) is 28.7 Å². The van der Waals surface area contributed by atoms with Crippen LogP contribution in [0.4, 0.5) is 4.39 Å². The second-order valence-electron chi connectivity index (χ2n) is 2.33. The van der Waals surface area contributed by atoms with E-state index < -0.39 is 11.7 Å². The van der Waals surface area contributed by atoms with E-state index in [1.54, 1.807) is 12.3 Å². The molecule has 0 bridgehead atoms. The van der Waals surface area contributed by atoms with Crippen LogP contribution in [0.25, 0.3) is 0 Å². The van der Waals surface area contributed by atoms with E-state index in [1.165, 1.54) is 6.21 Å². The SMILES string of the molecule is O=C1N=CC2NC=CC2=C1F. The summed E-state index contributed by atoms with van der Waals surface area (Å²) in [5.41, 5.74) is 0.380. The first-order chi connectivity index (χ1) is 5.29. The maximum absolute atomic E-state index is 12.9. The van der Waals surface area contributed by atoms with E-state index in [0.717, 1.165) is 0 Å². The second-order valence-corrected chi connectivity index (χ2v) is 2.33. The smallest absolute Gasteiger partial charge is 0.305 e. The number of dihydropyridines is 1. The topological polar surface area (TPSA) is 41.5 Å². The van der Waals surface area contributed by atoms with Crippen LogP contribution in [-0.4, -0.2) is 18.2 Å². The monoisotopic (exact) mass is 152 g/mol. The first-order valence-corrected chi connectivity index (χ1v) is 3.20. The number of carbonyl (C=O) groups excluding carboxylic acids is 1. The van der Waals surface area contributed by atoms with Crippen molar-refractivity contribution in [3.05, 3.63) is 23.7 Å². The van der Waals surface area contributed by atoms with E-state index >= 15 is 0 Å². The predicted molar refractivity (Wildman–Crippen MR) is 37.7 cm³/mol. The number of fused-ring (bicyclic) bond motifs is 1. The molecule has 1 atom stereocenters. The first kappa shape index (κ1) is 6.27. The molecule has 0 saturated heterocycles. The van der Waals surface area contributed by atoms with Crippen LogP contribution in [0.1, 0.15) is 0 Å². The highest BCUT2D eigenvalue weighted by Gasteiger charge is 2.25. The van der Waals surface area contributed by atoms with Gasteiger partial charge in [-0.1, -0.05) is 0 Å². The third-order valence-corrected chi connectivity index (χ3v) is 1.66. The molecule has 4 heteroatoms. The third kappa shape index (κ3) is 0.790. The zero-order chi connectivity index (χ0) is 7.84. The maximum atomic E-state index is 12.9. The van der Waals surface area contributed by atoms with Gasteiger partial charge < -0.3 is 5.32 Å². The molecule has 1 N–H and O–H groups in total. The molecule has 11 heavy (non-hydrogen) atoms. The fourth-order valence-electron chi connectivity index (χ4n) is 1.09. The summed E-state index contributed by atoms with van der Waals surface area (Å²) in [6.45, 7) is 0. The molecule has 56 valence electrons. The molecule has 2 rings (SSSR count). The van der Waals surface area contributed by atoms with Gasteiger partial charge in [-0.25, -0.2) is 9.38 Å². The van der Waals surface area contributed by atoms with Crippen LogP contribution in [0.2, 0.25) is 0 Å². The summed E-state index contributed by atoms with van der Waals surface area (Å²) in [6.07, 6.45) is 4.55. The minimum atomic E-state index is -0.787. The molecule has 2 heterocycles. The summed E-state index contributed by atoms with van der Waals surface area (Å²) < 4.78 is 12.9. The number of hydrogen-bond donors (Lipinski definition) is 1. The minimum absolute atomic E-state index is 0.243. The Morgan fingerprint density at radius 2 is 2.45 bits per heavy atom. The number of nitrogens with one attached hydrogen (secondary N) is 1. The van der Waals surface area contributed by atoms with Crippen molar-refractivity contribution in [3.8, 4) is 0 Å². The van der Waals surface area contributed by atoms with Crippen LogP contribution in [0.5, 0.6) is 0 Å². The predicted octanol–water partition coefficient (Wildman–Crippen LogP) is 0.307. The van der Waals surface area contributed by atoms with Gasteiger partial charge in [-0.05, 0) is 12.3 Å². The van der Waals surface area contributed by atoms with Gasteiger partial charge in [0, 0.05) is 11.8 Å².